The van der Waals surface area contributed by atoms with E-state index in [0.29, 0.717) is 29.6 Å². The van der Waals surface area contributed by atoms with Crippen molar-refractivity contribution in [2.45, 2.75) is 63.4 Å². The third-order valence-corrected chi connectivity index (χ3v) is 9.10. The molecule has 1 fully saturated rings. The molecule has 1 unspecified atom stereocenters. The summed E-state index contributed by atoms with van der Waals surface area (Å²) in [4.78, 5) is 32.6. The minimum absolute atomic E-state index is 0.00668. The number of carbonyl (C=O) groups is 2. The number of carbonyl (C=O) groups excluding carboxylic acids is 2. The molecule has 1 saturated heterocycles. The van der Waals surface area contributed by atoms with Crippen molar-refractivity contribution in [2.75, 3.05) is 24.5 Å². The van der Waals surface area contributed by atoms with Crippen LogP contribution in [0.25, 0.3) is 6.08 Å². The summed E-state index contributed by atoms with van der Waals surface area (Å²) < 4.78 is 0. The average Bonchev–Trinajstić information content (AvgIpc) is 2.99. The van der Waals surface area contributed by atoms with Crippen molar-refractivity contribution in [3.63, 3.8) is 0 Å². The molecule has 5 nitrogen and oxygen atoms in total. The fraction of sp³-hybridized carbons (Fsp3) is 0.353. The highest BCUT2D eigenvalue weighted by atomic mass is 32.2. The third-order valence-electron chi connectivity index (χ3n) is 8.02. The van der Waals surface area contributed by atoms with Gasteiger partial charge in [-0.15, -0.1) is 0 Å². The van der Waals surface area contributed by atoms with Crippen LogP contribution in [0.15, 0.2) is 82.6 Å². The lowest BCUT2D eigenvalue weighted by molar-refractivity contribution is -0.114. The minimum Gasteiger partial charge on any atom is -0.352 e. The first-order chi connectivity index (χ1) is 19.5. The Hall–Kier alpha value is -3.35. The van der Waals surface area contributed by atoms with Gasteiger partial charge in [-0.05, 0) is 86.2 Å². The van der Waals surface area contributed by atoms with Gasteiger partial charge in [0.2, 0.25) is 0 Å². The van der Waals surface area contributed by atoms with E-state index in [1.807, 2.05) is 65.6 Å². The number of thioether (sulfide) groups is 1. The molecule has 2 aliphatic rings. The highest BCUT2D eigenvalue weighted by Crippen LogP contribution is 2.42. The molecule has 2 aliphatic heterocycles. The van der Waals surface area contributed by atoms with Gasteiger partial charge in [0.05, 0.1) is 17.1 Å². The Morgan fingerprint density at radius 2 is 1.80 bits per heavy atom. The predicted octanol–water partition coefficient (Wildman–Crippen LogP) is 7.06. The summed E-state index contributed by atoms with van der Waals surface area (Å²) in [6, 6.07) is 24.5. The van der Waals surface area contributed by atoms with E-state index in [1.54, 1.807) is 0 Å². The van der Waals surface area contributed by atoms with Crippen LogP contribution in [0.1, 0.15) is 66.1 Å². The highest BCUT2D eigenvalue weighted by Gasteiger charge is 2.29. The fourth-order valence-corrected chi connectivity index (χ4v) is 6.72. The first-order valence-electron chi connectivity index (χ1n) is 14.5. The number of anilines is 1. The topological polar surface area (TPSA) is 52.7 Å². The molecule has 3 aromatic carbocycles. The molecule has 0 bridgehead atoms. The van der Waals surface area contributed by atoms with E-state index in [0.717, 1.165) is 34.7 Å². The zero-order valence-electron chi connectivity index (χ0n) is 23.6. The zero-order chi connectivity index (χ0) is 27.9. The number of benzene rings is 3. The number of nitrogens with zero attached hydrogens (tertiary/aromatic N) is 2. The van der Waals surface area contributed by atoms with Crippen molar-refractivity contribution in [3.05, 3.63) is 100.0 Å². The van der Waals surface area contributed by atoms with Crippen molar-refractivity contribution in [1.82, 2.24) is 10.2 Å². The maximum atomic E-state index is 13.7. The number of fused-ring (bicyclic) bond motifs is 1. The van der Waals surface area contributed by atoms with E-state index in [-0.39, 0.29) is 11.8 Å². The molecule has 3 aromatic rings. The molecule has 1 N–H and O–H groups in total. The number of likely N-dealkylation sites (tertiary alicyclic amines) is 1. The summed E-state index contributed by atoms with van der Waals surface area (Å²) in [7, 11) is 0. The summed E-state index contributed by atoms with van der Waals surface area (Å²) in [5, 5.41) is 3.08. The Morgan fingerprint density at radius 3 is 2.60 bits per heavy atom. The number of nitrogens with one attached hydrogen (secondary N) is 1. The van der Waals surface area contributed by atoms with Crippen LogP contribution in [-0.4, -0.2) is 42.4 Å². The molecular formula is C34H39N3O2S. The molecule has 0 saturated carbocycles. The summed E-state index contributed by atoms with van der Waals surface area (Å²) in [6.45, 7) is 7.78. The number of para-hydroxylation sites is 1. The van der Waals surface area contributed by atoms with Crippen LogP contribution >= 0.6 is 11.8 Å². The van der Waals surface area contributed by atoms with Crippen LogP contribution < -0.4 is 10.2 Å². The van der Waals surface area contributed by atoms with E-state index in [2.05, 4.69) is 42.3 Å². The fourth-order valence-electron chi connectivity index (χ4n) is 5.66. The smallest absolute Gasteiger partial charge is 0.265 e. The lowest BCUT2D eigenvalue weighted by atomic mass is 10.00. The highest BCUT2D eigenvalue weighted by molar-refractivity contribution is 8.04. The summed E-state index contributed by atoms with van der Waals surface area (Å²) in [6.07, 6.45) is 8.02. The quantitative estimate of drug-likeness (QED) is 0.228. The van der Waals surface area contributed by atoms with Crippen LogP contribution in [0.2, 0.25) is 0 Å². The average molecular weight is 554 g/mol. The number of piperidine rings is 1. The molecular weight excluding hydrogens is 514 g/mol. The molecule has 0 aromatic heterocycles. The first kappa shape index (κ1) is 28.2. The molecule has 0 radical (unpaired) electrons. The lowest BCUT2D eigenvalue weighted by Crippen LogP contribution is -2.40. The van der Waals surface area contributed by atoms with E-state index in [1.165, 1.54) is 49.6 Å². The Bertz CT molecular complexity index is 1370. The molecule has 6 heteroatoms. The van der Waals surface area contributed by atoms with E-state index < -0.39 is 0 Å². The van der Waals surface area contributed by atoms with Crippen molar-refractivity contribution in [1.29, 1.82) is 0 Å². The third kappa shape index (κ3) is 6.68. The number of aryl methyl sites for hydroxylation is 1. The first-order valence-corrected chi connectivity index (χ1v) is 15.3. The van der Waals surface area contributed by atoms with Gasteiger partial charge >= 0.3 is 0 Å². The molecule has 0 aliphatic carbocycles. The van der Waals surface area contributed by atoms with Crippen LogP contribution in [0, 0.1) is 6.92 Å². The second kappa shape index (κ2) is 13.3. The van der Waals surface area contributed by atoms with Gasteiger partial charge in [0.25, 0.3) is 11.8 Å². The molecule has 2 amide bonds. The molecule has 208 valence electrons. The second-order valence-corrected chi connectivity index (χ2v) is 11.8. The Balaban J connectivity index is 1.22. The van der Waals surface area contributed by atoms with Crippen LogP contribution in [0.5, 0.6) is 0 Å². The maximum Gasteiger partial charge on any atom is 0.265 e. The molecule has 5 rings (SSSR count). The van der Waals surface area contributed by atoms with Crippen LogP contribution in [-0.2, 0) is 11.3 Å². The predicted molar refractivity (Wildman–Crippen MR) is 166 cm³/mol. The molecule has 2 heterocycles. The largest absolute Gasteiger partial charge is 0.352 e. The van der Waals surface area contributed by atoms with Crippen LogP contribution in [0.3, 0.4) is 0 Å². The van der Waals surface area contributed by atoms with Gasteiger partial charge < -0.3 is 15.1 Å². The van der Waals surface area contributed by atoms with Gasteiger partial charge in [-0.1, -0.05) is 73.6 Å². The summed E-state index contributed by atoms with van der Waals surface area (Å²) in [5.74, 6) is -0.0564. The molecule has 1 atom stereocenters. The van der Waals surface area contributed by atoms with Crippen molar-refractivity contribution >= 4 is 35.3 Å². The molecule has 0 spiro atoms. The van der Waals surface area contributed by atoms with Crippen molar-refractivity contribution in [3.8, 4) is 0 Å². The van der Waals surface area contributed by atoms with Crippen molar-refractivity contribution in [2.24, 2.45) is 0 Å². The standard InChI is InChI=1S/C34H39N3O2S/c1-3-29-13-8-9-21-36(29)22-10-20-35-33(38)27-18-16-26(17-19-27)23-32-34(39)37(24-28-12-5-4-11-25(28)2)30-14-6-7-15-31(30)40-32/h4-7,11-12,14-19,23,29H,3,8-10,13,20-22,24H2,1-2H3,(H,35,38). The Morgan fingerprint density at radius 1 is 1.02 bits per heavy atom. The number of rotatable bonds is 9. The lowest BCUT2D eigenvalue weighted by Gasteiger charge is -2.35. The van der Waals surface area contributed by atoms with Gasteiger partial charge in [-0.2, -0.15) is 0 Å². The number of hydrogen-bond donors (Lipinski definition) is 1. The summed E-state index contributed by atoms with van der Waals surface area (Å²) >= 11 is 1.50. The van der Waals surface area contributed by atoms with Gasteiger partial charge in [0.15, 0.2) is 0 Å². The minimum atomic E-state index is -0.0497. The summed E-state index contributed by atoms with van der Waals surface area (Å²) in [5.41, 5.74) is 4.78. The molecule has 40 heavy (non-hydrogen) atoms. The van der Waals surface area contributed by atoms with Crippen LogP contribution in [0.4, 0.5) is 5.69 Å². The van der Waals surface area contributed by atoms with E-state index >= 15 is 0 Å². The number of amides is 2. The SMILES string of the molecule is CCC1CCCCN1CCCNC(=O)c1ccc(C=C2Sc3ccccc3N(Cc3ccccc3C)C2=O)cc1. The zero-order valence-corrected chi connectivity index (χ0v) is 24.4. The maximum absolute atomic E-state index is 13.7. The Labute approximate surface area is 242 Å². The normalized spacial score (nSPS) is 18.6. The number of hydrogen-bond acceptors (Lipinski definition) is 4. The van der Waals surface area contributed by atoms with Gasteiger partial charge in [-0.25, -0.2) is 0 Å². The monoisotopic (exact) mass is 553 g/mol. The van der Waals surface area contributed by atoms with E-state index in [4.69, 9.17) is 0 Å². The van der Waals surface area contributed by atoms with Gasteiger partial charge in [0.1, 0.15) is 0 Å². The Kier molecular flexibility index (Phi) is 9.40. The van der Waals surface area contributed by atoms with Gasteiger partial charge in [-0.3, -0.25) is 9.59 Å². The van der Waals surface area contributed by atoms with Crippen molar-refractivity contribution < 1.29 is 9.59 Å². The second-order valence-electron chi connectivity index (χ2n) is 10.7. The van der Waals surface area contributed by atoms with E-state index in [9.17, 15) is 9.59 Å². The van der Waals surface area contributed by atoms with Gasteiger partial charge in [0, 0.05) is 29.6 Å².